The molecule has 4 rings (SSSR count). The van der Waals surface area contributed by atoms with Crippen molar-refractivity contribution in [1.82, 2.24) is 19.7 Å². The summed E-state index contributed by atoms with van der Waals surface area (Å²) in [6.07, 6.45) is 2.33. The van der Waals surface area contributed by atoms with Crippen LogP contribution in [-0.4, -0.2) is 32.5 Å². The molecule has 0 N–H and O–H groups in total. The Kier molecular flexibility index (Phi) is 4.78. The lowest BCUT2D eigenvalue weighted by molar-refractivity contribution is 0.0953. The summed E-state index contributed by atoms with van der Waals surface area (Å²) in [5.41, 5.74) is 0.397. The summed E-state index contributed by atoms with van der Waals surface area (Å²) in [5.74, 6) is 0.851. The fourth-order valence-electron chi connectivity index (χ4n) is 2.74. The number of hydrogen-bond acceptors (Lipinski definition) is 7. The molecule has 25 heavy (non-hydrogen) atoms. The second kappa shape index (κ2) is 7.35. The van der Waals surface area contributed by atoms with Gasteiger partial charge in [-0.1, -0.05) is 12.1 Å². The van der Waals surface area contributed by atoms with E-state index in [1.165, 1.54) is 11.8 Å². The number of hydrogen-bond donors (Lipinski definition) is 0. The molecule has 6 nitrogen and oxygen atoms in total. The Labute approximate surface area is 153 Å². The first-order chi connectivity index (χ1) is 12.3. The molecule has 1 saturated heterocycles. The van der Waals surface area contributed by atoms with Crippen molar-refractivity contribution in [2.24, 2.45) is 0 Å². The van der Waals surface area contributed by atoms with Gasteiger partial charge in [0, 0.05) is 6.61 Å². The number of thiophene rings is 1. The molecule has 4 heterocycles. The van der Waals surface area contributed by atoms with Gasteiger partial charge in [-0.3, -0.25) is 4.57 Å². The molecule has 1 aliphatic rings. The normalized spacial score (nSPS) is 16.8. The van der Waals surface area contributed by atoms with E-state index < -0.39 is 0 Å². The average molecular weight is 369 g/mol. The van der Waals surface area contributed by atoms with Gasteiger partial charge in [0.15, 0.2) is 11.0 Å². The zero-order chi connectivity index (χ0) is 17.1. The minimum atomic E-state index is 0.187. The maximum atomic E-state index is 9.03. The first-order valence-electron chi connectivity index (χ1n) is 7.97. The van der Waals surface area contributed by atoms with Crippen LogP contribution in [0, 0.1) is 11.3 Å². The van der Waals surface area contributed by atoms with Crippen molar-refractivity contribution in [3.63, 3.8) is 0 Å². The highest BCUT2D eigenvalue weighted by Crippen LogP contribution is 2.31. The van der Waals surface area contributed by atoms with Crippen molar-refractivity contribution in [3.8, 4) is 16.8 Å². The van der Waals surface area contributed by atoms with Crippen LogP contribution in [0.15, 0.2) is 45.9 Å². The predicted octanol–water partition coefficient (Wildman–Crippen LogP) is 3.60. The first kappa shape index (κ1) is 16.3. The fourth-order valence-corrected chi connectivity index (χ4v) is 4.28. The minimum absolute atomic E-state index is 0.187. The third kappa shape index (κ3) is 3.58. The van der Waals surface area contributed by atoms with Gasteiger partial charge in [-0.05, 0) is 48.2 Å². The van der Waals surface area contributed by atoms with Crippen LogP contribution in [0.25, 0.3) is 10.7 Å². The molecular formula is C17H15N5OS2. The Morgan fingerprint density at radius 3 is 3.04 bits per heavy atom. The van der Waals surface area contributed by atoms with E-state index in [1.807, 2.05) is 29.6 Å². The van der Waals surface area contributed by atoms with Crippen LogP contribution in [0.5, 0.6) is 0 Å². The highest BCUT2D eigenvalue weighted by Gasteiger charge is 2.22. The molecule has 3 aromatic heterocycles. The molecule has 0 radical (unpaired) electrons. The summed E-state index contributed by atoms with van der Waals surface area (Å²) in [5, 5.41) is 21.3. The predicted molar refractivity (Wildman–Crippen MR) is 95.4 cm³/mol. The van der Waals surface area contributed by atoms with Gasteiger partial charge >= 0.3 is 0 Å². The maximum absolute atomic E-state index is 9.03. The molecule has 1 fully saturated rings. The smallest absolute Gasteiger partial charge is 0.197 e. The molecule has 0 aliphatic carbocycles. The fraction of sp³-hybridized carbons (Fsp3) is 0.294. The molecule has 8 heteroatoms. The highest BCUT2D eigenvalue weighted by atomic mass is 32.2. The lowest BCUT2D eigenvalue weighted by Gasteiger charge is -2.14. The molecule has 126 valence electrons. The Balaban J connectivity index is 1.67. The number of rotatable bonds is 5. The number of nitrogens with zero attached hydrogens (tertiary/aromatic N) is 5. The number of pyridine rings is 1. The van der Waals surface area contributed by atoms with Crippen LogP contribution >= 0.6 is 23.1 Å². The Bertz CT molecular complexity index is 894. The number of nitriles is 1. The van der Waals surface area contributed by atoms with Crippen molar-refractivity contribution < 1.29 is 4.74 Å². The SMILES string of the molecule is N#Cc1cccc(Sc2nnc(-c3cccs3)n2CC2CCCO2)n1. The van der Waals surface area contributed by atoms with Crippen LogP contribution in [0.4, 0.5) is 0 Å². The third-order valence-electron chi connectivity index (χ3n) is 3.90. The van der Waals surface area contributed by atoms with Crippen LogP contribution in [-0.2, 0) is 11.3 Å². The second-order valence-corrected chi connectivity index (χ2v) is 7.54. The topological polar surface area (TPSA) is 76.6 Å². The molecular weight excluding hydrogens is 354 g/mol. The van der Waals surface area contributed by atoms with Crippen molar-refractivity contribution in [3.05, 3.63) is 41.4 Å². The first-order valence-corrected chi connectivity index (χ1v) is 9.67. The molecule has 0 spiro atoms. The van der Waals surface area contributed by atoms with Gasteiger partial charge in [0.05, 0.1) is 17.5 Å². The maximum Gasteiger partial charge on any atom is 0.197 e. The summed E-state index contributed by atoms with van der Waals surface area (Å²) in [6.45, 7) is 1.54. The average Bonchev–Trinajstić information content (AvgIpc) is 3.38. The van der Waals surface area contributed by atoms with Gasteiger partial charge in [-0.15, -0.1) is 21.5 Å². The van der Waals surface area contributed by atoms with Crippen molar-refractivity contribution in [2.45, 2.75) is 35.7 Å². The van der Waals surface area contributed by atoms with Crippen LogP contribution in [0.1, 0.15) is 18.5 Å². The van der Waals surface area contributed by atoms with E-state index >= 15 is 0 Å². The van der Waals surface area contributed by atoms with Crippen molar-refractivity contribution in [2.75, 3.05) is 6.61 Å². The van der Waals surface area contributed by atoms with E-state index in [2.05, 4.69) is 25.8 Å². The minimum Gasteiger partial charge on any atom is -0.376 e. The zero-order valence-corrected chi connectivity index (χ0v) is 15.0. The summed E-state index contributed by atoms with van der Waals surface area (Å²) in [7, 11) is 0. The molecule has 1 aliphatic heterocycles. The van der Waals surface area contributed by atoms with Crippen LogP contribution in [0.3, 0.4) is 0 Å². The molecule has 0 amide bonds. The van der Waals surface area contributed by atoms with E-state index in [0.29, 0.717) is 5.69 Å². The highest BCUT2D eigenvalue weighted by molar-refractivity contribution is 7.99. The van der Waals surface area contributed by atoms with E-state index in [0.717, 1.165) is 46.9 Å². The Morgan fingerprint density at radius 2 is 2.28 bits per heavy atom. The summed E-state index contributed by atoms with van der Waals surface area (Å²) < 4.78 is 7.90. The van der Waals surface area contributed by atoms with Gasteiger partial charge < -0.3 is 4.74 Å². The lowest BCUT2D eigenvalue weighted by Crippen LogP contribution is -2.16. The molecule has 1 unspecified atom stereocenters. The molecule has 1 atom stereocenters. The zero-order valence-electron chi connectivity index (χ0n) is 13.3. The second-order valence-electron chi connectivity index (χ2n) is 5.60. The van der Waals surface area contributed by atoms with Gasteiger partial charge in [0.25, 0.3) is 0 Å². The van der Waals surface area contributed by atoms with E-state index in [1.54, 1.807) is 17.4 Å². The van der Waals surface area contributed by atoms with Gasteiger partial charge in [-0.25, -0.2) is 4.98 Å². The largest absolute Gasteiger partial charge is 0.376 e. The third-order valence-corrected chi connectivity index (χ3v) is 5.69. The Hall–Kier alpha value is -2.21. The van der Waals surface area contributed by atoms with Crippen molar-refractivity contribution in [1.29, 1.82) is 5.26 Å². The van der Waals surface area contributed by atoms with E-state index in [4.69, 9.17) is 10.00 Å². The van der Waals surface area contributed by atoms with Gasteiger partial charge in [0.2, 0.25) is 0 Å². The van der Waals surface area contributed by atoms with Gasteiger partial charge in [0.1, 0.15) is 16.8 Å². The van der Waals surface area contributed by atoms with Crippen molar-refractivity contribution >= 4 is 23.1 Å². The van der Waals surface area contributed by atoms with E-state index in [-0.39, 0.29) is 6.10 Å². The molecule has 3 aromatic rings. The Morgan fingerprint density at radius 1 is 1.32 bits per heavy atom. The molecule has 0 bridgehead atoms. The molecule has 0 saturated carbocycles. The summed E-state index contributed by atoms with van der Waals surface area (Å²) in [6, 6.07) is 11.5. The number of ether oxygens (including phenoxy) is 1. The monoisotopic (exact) mass is 369 g/mol. The quantitative estimate of drug-likeness (QED) is 0.684. The van der Waals surface area contributed by atoms with Crippen LogP contribution < -0.4 is 0 Å². The van der Waals surface area contributed by atoms with Gasteiger partial charge in [-0.2, -0.15) is 5.26 Å². The summed E-state index contributed by atoms with van der Waals surface area (Å²) in [4.78, 5) is 5.40. The summed E-state index contributed by atoms with van der Waals surface area (Å²) >= 11 is 3.06. The number of aromatic nitrogens is 4. The standard InChI is InChI=1S/C17H15N5OS2/c18-10-12-4-1-7-15(19-12)25-17-21-20-16(14-6-3-9-24-14)22(17)11-13-5-2-8-23-13/h1,3-4,6-7,9,13H,2,5,8,11H2. The molecule has 0 aromatic carbocycles. The van der Waals surface area contributed by atoms with Crippen LogP contribution in [0.2, 0.25) is 0 Å². The van der Waals surface area contributed by atoms with E-state index in [9.17, 15) is 0 Å². The lowest BCUT2D eigenvalue weighted by atomic mass is 10.2.